The minimum absolute atomic E-state index is 0.0424. The number of benzene rings is 1. The number of hydrogen-bond acceptors (Lipinski definition) is 4. The number of alkyl halides is 3. The zero-order chi connectivity index (χ0) is 15.6. The second kappa shape index (κ2) is 5.43. The molecule has 0 atom stereocenters. The monoisotopic (exact) mass is 301 g/mol. The summed E-state index contributed by atoms with van der Waals surface area (Å²) in [5.41, 5.74) is 0.332. The SMILES string of the molecule is CCOC(=O)C(=O)Nc1ccc2nc(C(F)(F)F)[nH]c2c1. The van der Waals surface area contributed by atoms with Crippen molar-refractivity contribution in [1.29, 1.82) is 0 Å². The Balaban J connectivity index is 2.23. The second-order valence-electron chi connectivity index (χ2n) is 3.99. The van der Waals surface area contributed by atoms with Crippen molar-refractivity contribution in [2.75, 3.05) is 11.9 Å². The van der Waals surface area contributed by atoms with Gasteiger partial charge in [-0.3, -0.25) is 4.79 Å². The number of anilines is 1. The Kier molecular flexibility index (Phi) is 3.83. The van der Waals surface area contributed by atoms with Crippen LogP contribution in [-0.2, 0) is 20.5 Å². The number of aromatic amines is 1. The molecule has 0 bridgehead atoms. The highest BCUT2D eigenvalue weighted by Gasteiger charge is 2.34. The molecule has 0 unspecified atom stereocenters. The lowest BCUT2D eigenvalue weighted by Gasteiger charge is -2.04. The summed E-state index contributed by atoms with van der Waals surface area (Å²) in [6, 6.07) is 3.87. The first-order valence-electron chi connectivity index (χ1n) is 5.86. The van der Waals surface area contributed by atoms with Crippen LogP contribution in [0.2, 0.25) is 0 Å². The molecule has 0 aliphatic heterocycles. The Morgan fingerprint density at radius 2 is 2.10 bits per heavy atom. The molecule has 2 rings (SSSR count). The van der Waals surface area contributed by atoms with Crippen LogP contribution in [0.25, 0.3) is 11.0 Å². The summed E-state index contributed by atoms with van der Waals surface area (Å²) in [6.07, 6.45) is -4.59. The molecule has 0 spiro atoms. The lowest BCUT2D eigenvalue weighted by molar-refractivity contribution is -0.152. The van der Waals surface area contributed by atoms with Gasteiger partial charge in [0, 0.05) is 5.69 Å². The third-order valence-corrected chi connectivity index (χ3v) is 2.47. The summed E-state index contributed by atoms with van der Waals surface area (Å²) >= 11 is 0. The van der Waals surface area contributed by atoms with E-state index >= 15 is 0 Å². The zero-order valence-corrected chi connectivity index (χ0v) is 10.7. The number of hydrogen-bond donors (Lipinski definition) is 2. The maximum Gasteiger partial charge on any atom is 0.449 e. The first-order valence-corrected chi connectivity index (χ1v) is 5.86. The number of H-pyrrole nitrogens is 1. The molecular weight excluding hydrogens is 291 g/mol. The normalized spacial score (nSPS) is 11.4. The van der Waals surface area contributed by atoms with Gasteiger partial charge in [-0.1, -0.05) is 0 Å². The van der Waals surface area contributed by atoms with Crippen LogP contribution in [0.1, 0.15) is 12.7 Å². The van der Waals surface area contributed by atoms with Crippen molar-refractivity contribution in [3.8, 4) is 0 Å². The number of ether oxygens (including phenoxy) is 1. The molecule has 9 heteroatoms. The molecule has 0 saturated carbocycles. The van der Waals surface area contributed by atoms with Crippen LogP contribution in [-0.4, -0.2) is 28.5 Å². The van der Waals surface area contributed by atoms with Crippen molar-refractivity contribution < 1.29 is 27.5 Å². The van der Waals surface area contributed by atoms with Crippen LogP contribution in [0.15, 0.2) is 18.2 Å². The molecule has 6 nitrogen and oxygen atoms in total. The summed E-state index contributed by atoms with van der Waals surface area (Å²) in [7, 11) is 0. The van der Waals surface area contributed by atoms with Gasteiger partial charge in [0.05, 0.1) is 17.6 Å². The molecule has 0 saturated heterocycles. The highest BCUT2D eigenvalue weighted by Crippen LogP contribution is 2.29. The number of imidazole rings is 1. The van der Waals surface area contributed by atoms with Gasteiger partial charge in [0.2, 0.25) is 5.82 Å². The number of amides is 1. The van der Waals surface area contributed by atoms with Gasteiger partial charge >= 0.3 is 18.1 Å². The van der Waals surface area contributed by atoms with E-state index in [9.17, 15) is 22.8 Å². The Bertz CT molecular complexity index is 694. The predicted molar refractivity (Wildman–Crippen MR) is 66.4 cm³/mol. The average molecular weight is 301 g/mol. The maximum atomic E-state index is 12.5. The van der Waals surface area contributed by atoms with Gasteiger partial charge in [0.1, 0.15) is 0 Å². The molecule has 112 valence electrons. The van der Waals surface area contributed by atoms with Crippen LogP contribution in [0.4, 0.5) is 18.9 Å². The third-order valence-electron chi connectivity index (χ3n) is 2.47. The topological polar surface area (TPSA) is 84.1 Å². The van der Waals surface area contributed by atoms with E-state index in [1.165, 1.54) is 18.2 Å². The lowest BCUT2D eigenvalue weighted by Crippen LogP contribution is -2.24. The number of carbonyl (C=O) groups is 2. The molecule has 0 aliphatic carbocycles. The van der Waals surface area contributed by atoms with E-state index in [2.05, 4.69) is 20.0 Å². The van der Waals surface area contributed by atoms with Crippen molar-refractivity contribution in [1.82, 2.24) is 9.97 Å². The average Bonchev–Trinajstić information content (AvgIpc) is 2.82. The number of esters is 1. The van der Waals surface area contributed by atoms with Gasteiger partial charge in [-0.15, -0.1) is 0 Å². The van der Waals surface area contributed by atoms with Crippen LogP contribution < -0.4 is 5.32 Å². The Hall–Kier alpha value is -2.58. The van der Waals surface area contributed by atoms with E-state index in [-0.39, 0.29) is 23.3 Å². The van der Waals surface area contributed by atoms with E-state index in [0.29, 0.717) is 0 Å². The first-order chi connectivity index (χ1) is 9.81. The van der Waals surface area contributed by atoms with Crippen LogP contribution in [0, 0.1) is 0 Å². The van der Waals surface area contributed by atoms with Gasteiger partial charge in [0.15, 0.2) is 0 Å². The number of halogens is 3. The first kappa shape index (κ1) is 14.8. The number of rotatable bonds is 2. The van der Waals surface area contributed by atoms with Crippen molar-refractivity contribution in [3.63, 3.8) is 0 Å². The van der Waals surface area contributed by atoms with Crippen molar-refractivity contribution in [3.05, 3.63) is 24.0 Å². The van der Waals surface area contributed by atoms with Crippen molar-refractivity contribution in [2.45, 2.75) is 13.1 Å². The molecule has 1 aromatic heterocycles. The molecule has 0 radical (unpaired) electrons. The van der Waals surface area contributed by atoms with Gasteiger partial charge in [-0.25, -0.2) is 9.78 Å². The molecule has 2 aromatic rings. The fourth-order valence-corrected chi connectivity index (χ4v) is 1.60. The lowest BCUT2D eigenvalue weighted by atomic mass is 10.3. The molecule has 1 heterocycles. The second-order valence-corrected chi connectivity index (χ2v) is 3.99. The largest absolute Gasteiger partial charge is 0.459 e. The molecule has 21 heavy (non-hydrogen) atoms. The van der Waals surface area contributed by atoms with E-state index in [1.807, 2.05) is 0 Å². The summed E-state index contributed by atoms with van der Waals surface area (Å²) in [5, 5.41) is 2.22. The predicted octanol–water partition coefficient (Wildman–Crippen LogP) is 2.08. The number of nitrogens with one attached hydrogen (secondary N) is 2. The smallest absolute Gasteiger partial charge is 0.449 e. The Labute approximate surface area is 116 Å². The van der Waals surface area contributed by atoms with Gasteiger partial charge < -0.3 is 15.0 Å². The Morgan fingerprint density at radius 1 is 1.38 bits per heavy atom. The zero-order valence-electron chi connectivity index (χ0n) is 10.7. The van der Waals surface area contributed by atoms with Gasteiger partial charge in [-0.2, -0.15) is 13.2 Å². The van der Waals surface area contributed by atoms with Crippen LogP contribution in [0.3, 0.4) is 0 Å². The molecule has 0 aliphatic rings. The minimum atomic E-state index is -4.59. The fraction of sp³-hybridized carbons (Fsp3) is 0.250. The summed E-state index contributed by atoms with van der Waals surface area (Å²) in [6.45, 7) is 1.58. The fourth-order valence-electron chi connectivity index (χ4n) is 1.60. The minimum Gasteiger partial charge on any atom is -0.459 e. The Morgan fingerprint density at radius 3 is 2.71 bits per heavy atom. The highest BCUT2D eigenvalue weighted by atomic mass is 19.4. The van der Waals surface area contributed by atoms with E-state index in [4.69, 9.17) is 0 Å². The molecule has 0 fully saturated rings. The number of fused-ring (bicyclic) bond motifs is 1. The molecular formula is C12H10F3N3O3. The molecule has 1 amide bonds. The third kappa shape index (κ3) is 3.30. The standard InChI is InChI=1S/C12H10F3N3O3/c1-2-21-10(20)9(19)16-6-3-4-7-8(5-6)18-11(17-7)12(13,14)15/h3-5H,2H2,1H3,(H,16,19)(H,17,18). The van der Waals surface area contributed by atoms with Crippen molar-refractivity contribution >= 4 is 28.6 Å². The quantitative estimate of drug-likeness (QED) is 0.657. The number of carbonyl (C=O) groups excluding carboxylic acids is 2. The summed E-state index contributed by atoms with van der Waals surface area (Å²) in [4.78, 5) is 28.0. The van der Waals surface area contributed by atoms with Gasteiger partial charge in [-0.05, 0) is 25.1 Å². The summed E-state index contributed by atoms with van der Waals surface area (Å²) in [5.74, 6) is -3.21. The molecule has 1 aromatic carbocycles. The van der Waals surface area contributed by atoms with E-state index in [0.717, 1.165) is 0 Å². The van der Waals surface area contributed by atoms with Crippen LogP contribution >= 0.6 is 0 Å². The van der Waals surface area contributed by atoms with Crippen molar-refractivity contribution in [2.24, 2.45) is 0 Å². The maximum absolute atomic E-state index is 12.5. The van der Waals surface area contributed by atoms with Crippen LogP contribution in [0.5, 0.6) is 0 Å². The summed E-state index contributed by atoms with van der Waals surface area (Å²) < 4.78 is 42.0. The number of aromatic nitrogens is 2. The van der Waals surface area contributed by atoms with E-state index in [1.54, 1.807) is 6.92 Å². The molecule has 2 N–H and O–H groups in total. The number of nitrogens with zero attached hydrogens (tertiary/aromatic N) is 1. The highest BCUT2D eigenvalue weighted by molar-refractivity contribution is 6.37. The van der Waals surface area contributed by atoms with Gasteiger partial charge in [0.25, 0.3) is 0 Å². The van der Waals surface area contributed by atoms with E-state index < -0.39 is 23.9 Å².